The zero-order valence-electron chi connectivity index (χ0n) is 12.0. The molecule has 0 bridgehead atoms. The molecule has 2 aromatic rings. The zero-order valence-corrected chi connectivity index (χ0v) is 13.5. The number of alkyl halides is 1. The van der Waals surface area contributed by atoms with Crippen LogP contribution in [0, 0.1) is 0 Å². The lowest BCUT2D eigenvalue weighted by Gasteiger charge is -2.28. The van der Waals surface area contributed by atoms with Crippen LogP contribution in [0.1, 0.15) is 43.8 Å². The molecule has 20 heavy (non-hydrogen) atoms. The van der Waals surface area contributed by atoms with Crippen molar-refractivity contribution in [2.24, 2.45) is 0 Å². The highest BCUT2D eigenvalue weighted by Crippen LogP contribution is 2.42. The molecule has 2 aromatic heterocycles. The summed E-state index contributed by atoms with van der Waals surface area (Å²) in [4.78, 5) is 9.20. The Morgan fingerprint density at radius 2 is 2.20 bits per heavy atom. The molecule has 0 aromatic carbocycles. The Hall–Kier alpha value is -0.740. The van der Waals surface area contributed by atoms with Gasteiger partial charge >= 0.3 is 0 Å². The van der Waals surface area contributed by atoms with Crippen LogP contribution in [0.2, 0.25) is 0 Å². The lowest BCUT2D eigenvalue weighted by atomic mass is 10.1. The summed E-state index contributed by atoms with van der Waals surface area (Å²) in [6.07, 6.45) is 9.26. The van der Waals surface area contributed by atoms with Crippen LogP contribution in [-0.4, -0.2) is 25.5 Å². The number of rotatable bonds is 4. The van der Waals surface area contributed by atoms with E-state index < -0.39 is 0 Å². The molecule has 108 valence electrons. The average molecular weight is 310 g/mol. The molecule has 0 spiro atoms. The van der Waals surface area contributed by atoms with Crippen LogP contribution in [0.25, 0.3) is 11.2 Å². The highest BCUT2D eigenvalue weighted by molar-refractivity contribution is 8.00. The molecule has 0 N–H and O–H groups in total. The molecule has 3 nitrogen and oxygen atoms in total. The highest BCUT2D eigenvalue weighted by Gasteiger charge is 2.35. The number of imidazole rings is 1. The van der Waals surface area contributed by atoms with Crippen molar-refractivity contribution in [3.63, 3.8) is 0 Å². The molecule has 1 aliphatic rings. The summed E-state index contributed by atoms with van der Waals surface area (Å²) in [5, 5.41) is -0.0930. The van der Waals surface area contributed by atoms with Gasteiger partial charge in [-0.05, 0) is 38.2 Å². The lowest BCUT2D eigenvalue weighted by Crippen LogP contribution is -2.28. The fourth-order valence-corrected chi connectivity index (χ4v) is 4.29. The van der Waals surface area contributed by atoms with E-state index in [9.17, 15) is 0 Å². The Kier molecular flexibility index (Phi) is 3.95. The van der Waals surface area contributed by atoms with Gasteiger partial charge in [-0.15, -0.1) is 11.6 Å². The maximum Gasteiger partial charge on any atom is 0.160 e. The molecule has 2 heterocycles. The van der Waals surface area contributed by atoms with Crippen molar-refractivity contribution in [1.82, 2.24) is 14.5 Å². The number of thioether (sulfide) groups is 1. The van der Waals surface area contributed by atoms with Gasteiger partial charge in [0.15, 0.2) is 5.65 Å². The monoisotopic (exact) mass is 309 g/mol. The van der Waals surface area contributed by atoms with E-state index in [1.54, 1.807) is 0 Å². The second-order valence-corrected chi connectivity index (χ2v) is 7.54. The van der Waals surface area contributed by atoms with Gasteiger partial charge in [-0.1, -0.05) is 12.8 Å². The summed E-state index contributed by atoms with van der Waals surface area (Å²) in [7, 11) is 0. The minimum absolute atomic E-state index is 0.0930. The fourth-order valence-electron chi connectivity index (χ4n) is 3.17. The van der Waals surface area contributed by atoms with Crippen molar-refractivity contribution in [1.29, 1.82) is 0 Å². The minimum Gasteiger partial charge on any atom is -0.310 e. The van der Waals surface area contributed by atoms with Crippen LogP contribution in [0.15, 0.2) is 18.3 Å². The van der Waals surface area contributed by atoms with Crippen molar-refractivity contribution < 1.29 is 0 Å². The summed E-state index contributed by atoms with van der Waals surface area (Å²) in [6, 6.07) is 3.95. The Morgan fingerprint density at radius 1 is 1.45 bits per heavy atom. The van der Waals surface area contributed by atoms with Gasteiger partial charge in [0.1, 0.15) is 11.3 Å². The van der Waals surface area contributed by atoms with E-state index in [0.717, 1.165) is 23.5 Å². The Bertz CT molecular complexity index is 602. The van der Waals surface area contributed by atoms with Gasteiger partial charge in [-0.2, -0.15) is 11.8 Å². The van der Waals surface area contributed by atoms with E-state index in [2.05, 4.69) is 20.8 Å². The molecular formula is C15H20ClN3S. The van der Waals surface area contributed by atoms with Crippen molar-refractivity contribution >= 4 is 34.5 Å². The number of fused-ring (bicyclic) bond motifs is 1. The van der Waals surface area contributed by atoms with Gasteiger partial charge in [0.2, 0.25) is 0 Å². The third kappa shape index (κ3) is 2.44. The second-order valence-electron chi connectivity index (χ2n) is 5.61. The van der Waals surface area contributed by atoms with Crippen molar-refractivity contribution in [3.05, 3.63) is 24.2 Å². The quantitative estimate of drug-likeness (QED) is 0.784. The highest BCUT2D eigenvalue weighted by atomic mass is 35.5. The first-order chi connectivity index (χ1) is 9.65. The van der Waals surface area contributed by atoms with Crippen molar-refractivity contribution in [2.75, 3.05) is 6.26 Å². The van der Waals surface area contributed by atoms with Crippen LogP contribution in [-0.2, 0) is 6.54 Å². The van der Waals surface area contributed by atoms with Crippen LogP contribution < -0.4 is 0 Å². The maximum absolute atomic E-state index is 6.34. The van der Waals surface area contributed by atoms with E-state index in [4.69, 9.17) is 11.6 Å². The number of hydrogen-bond donors (Lipinski definition) is 0. The molecule has 0 saturated heterocycles. The molecular weight excluding hydrogens is 290 g/mol. The van der Waals surface area contributed by atoms with Crippen LogP contribution >= 0.6 is 23.4 Å². The molecule has 5 heteroatoms. The third-order valence-electron chi connectivity index (χ3n) is 4.28. The van der Waals surface area contributed by atoms with Gasteiger partial charge in [-0.25, -0.2) is 9.97 Å². The smallest absolute Gasteiger partial charge is 0.160 e. The molecule has 1 fully saturated rings. The lowest BCUT2D eigenvalue weighted by molar-refractivity contribution is 0.499. The van der Waals surface area contributed by atoms with E-state index >= 15 is 0 Å². The predicted octanol–water partition coefficient (Wildman–Crippen LogP) is 4.41. The molecule has 1 saturated carbocycles. The summed E-state index contributed by atoms with van der Waals surface area (Å²) in [6.45, 7) is 2.95. The van der Waals surface area contributed by atoms with Gasteiger partial charge in [0, 0.05) is 17.5 Å². The van der Waals surface area contributed by atoms with Crippen LogP contribution in [0.5, 0.6) is 0 Å². The number of aromatic nitrogens is 3. The maximum atomic E-state index is 6.34. The van der Waals surface area contributed by atoms with E-state index in [0.29, 0.717) is 4.75 Å². The molecule has 1 aliphatic carbocycles. The fraction of sp³-hybridized carbons (Fsp3) is 0.600. The number of pyridine rings is 1. The van der Waals surface area contributed by atoms with E-state index in [1.165, 1.54) is 25.7 Å². The Balaban J connectivity index is 2.07. The van der Waals surface area contributed by atoms with Crippen LogP contribution in [0.4, 0.5) is 0 Å². The Labute approximate surface area is 129 Å². The normalized spacial score (nSPS) is 19.6. The summed E-state index contributed by atoms with van der Waals surface area (Å²) >= 11 is 8.32. The van der Waals surface area contributed by atoms with Gasteiger partial charge in [-0.3, -0.25) is 0 Å². The number of nitrogens with zero attached hydrogens (tertiary/aromatic N) is 3. The molecule has 0 radical (unpaired) electrons. The topological polar surface area (TPSA) is 30.7 Å². The molecule has 0 amide bonds. The summed E-state index contributed by atoms with van der Waals surface area (Å²) < 4.78 is 2.57. The third-order valence-corrected chi connectivity index (χ3v) is 5.88. The second kappa shape index (κ2) is 5.57. The van der Waals surface area contributed by atoms with Gasteiger partial charge < -0.3 is 4.57 Å². The van der Waals surface area contributed by atoms with Gasteiger partial charge in [0.25, 0.3) is 0 Å². The molecule has 0 aliphatic heterocycles. The largest absolute Gasteiger partial charge is 0.310 e. The molecule has 3 rings (SSSR count). The van der Waals surface area contributed by atoms with E-state index in [1.807, 2.05) is 37.0 Å². The first-order valence-electron chi connectivity index (χ1n) is 7.16. The average Bonchev–Trinajstić information content (AvgIpc) is 3.05. The minimum atomic E-state index is -0.0930. The van der Waals surface area contributed by atoms with Crippen LogP contribution in [0.3, 0.4) is 0 Å². The number of hydrogen-bond acceptors (Lipinski definition) is 3. The van der Waals surface area contributed by atoms with E-state index in [-0.39, 0.29) is 5.38 Å². The predicted molar refractivity (Wildman–Crippen MR) is 86.5 cm³/mol. The van der Waals surface area contributed by atoms with Crippen molar-refractivity contribution in [2.45, 2.75) is 49.3 Å². The zero-order chi connectivity index (χ0) is 14.2. The van der Waals surface area contributed by atoms with Crippen molar-refractivity contribution in [3.8, 4) is 0 Å². The standard InChI is InChI=1S/C15H20ClN3S/c1-11(16)13-18-12-6-5-9-17-14(12)19(13)10-15(20-2)7-3-4-8-15/h5-6,9,11H,3-4,7-8,10H2,1-2H3. The summed E-state index contributed by atoms with van der Waals surface area (Å²) in [5.74, 6) is 0.945. The summed E-state index contributed by atoms with van der Waals surface area (Å²) in [5.41, 5.74) is 1.92. The molecule has 1 unspecified atom stereocenters. The molecule has 1 atom stereocenters. The van der Waals surface area contributed by atoms with Gasteiger partial charge in [0.05, 0.1) is 5.38 Å². The first-order valence-corrected chi connectivity index (χ1v) is 8.82. The SMILES string of the molecule is CSC1(Cn2c(C(C)Cl)nc3cccnc32)CCCC1. The Morgan fingerprint density at radius 3 is 2.85 bits per heavy atom. The number of halogens is 1. The first kappa shape index (κ1) is 14.2.